The number of ether oxygens (including phenoxy) is 1. The van der Waals surface area contributed by atoms with E-state index in [1.54, 1.807) is 7.11 Å². The van der Waals surface area contributed by atoms with Gasteiger partial charge in [0.1, 0.15) is 5.75 Å². The molecule has 168 valence electrons. The van der Waals surface area contributed by atoms with E-state index in [0.717, 1.165) is 31.7 Å². The second kappa shape index (κ2) is 10.6. The summed E-state index contributed by atoms with van der Waals surface area (Å²) in [5.74, 6) is 1.69. The van der Waals surface area contributed by atoms with Crippen LogP contribution in [0.15, 0.2) is 47.8 Å². The van der Waals surface area contributed by atoms with Gasteiger partial charge in [-0.15, -0.1) is 11.3 Å². The third-order valence-corrected chi connectivity index (χ3v) is 6.52. The molecule has 0 aliphatic heterocycles. The Kier molecular flexibility index (Phi) is 8.11. The summed E-state index contributed by atoms with van der Waals surface area (Å²) in [5.41, 5.74) is 4.38. The zero-order valence-corrected chi connectivity index (χ0v) is 20.0. The van der Waals surface area contributed by atoms with E-state index in [-0.39, 0.29) is 0 Å². The molecule has 3 aromatic rings. The fourth-order valence-electron chi connectivity index (χ4n) is 4.24. The lowest BCUT2D eigenvalue weighted by atomic mass is 9.82. The number of rotatable bonds is 6. The molecule has 1 heterocycles. The standard InChI is InChI=1S/C23H27NOS.CH4O3S/c1-24(13-11-17-9-10-18-12-14-26-23(18)15-17)16-19-5-3-7-21-20(19)6-4-8-22(21)25-2;1-5(2,3)4/h4,6,8-10,12,14-15,19H,3,5,7,11,13,16H2,1-2H3;1H3,(H,2,3,4)/t19-;/m0./s1. The molecular weight excluding hydrogens is 430 g/mol. The monoisotopic (exact) mass is 461 g/mol. The largest absolute Gasteiger partial charge is 0.496 e. The van der Waals surface area contributed by atoms with Crippen LogP contribution >= 0.6 is 11.3 Å². The van der Waals surface area contributed by atoms with Crippen molar-refractivity contribution in [2.75, 3.05) is 33.5 Å². The van der Waals surface area contributed by atoms with Crippen LogP contribution in [0.4, 0.5) is 0 Å². The van der Waals surface area contributed by atoms with Crippen LogP contribution in [0.2, 0.25) is 0 Å². The minimum absolute atomic E-state index is 0.624. The highest BCUT2D eigenvalue weighted by molar-refractivity contribution is 7.85. The maximum atomic E-state index is 9.19. The lowest BCUT2D eigenvalue weighted by molar-refractivity contribution is 0.299. The zero-order chi connectivity index (χ0) is 22.4. The van der Waals surface area contributed by atoms with Gasteiger partial charge in [-0.25, -0.2) is 0 Å². The molecule has 0 amide bonds. The van der Waals surface area contributed by atoms with Crippen molar-refractivity contribution in [3.63, 3.8) is 0 Å². The van der Waals surface area contributed by atoms with Gasteiger partial charge in [-0.05, 0) is 84.3 Å². The van der Waals surface area contributed by atoms with Gasteiger partial charge in [0, 0.05) is 17.8 Å². The molecule has 7 heteroatoms. The van der Waals surface area contributed by atoms with Gasteiger partial charge in [-0.2, -0.15) is 8.42 Å². The van der Waals surface area contributed by atoms with Gasteiger partial charge in [0.2, 0.25) is 0 Å². The van der Waals surface area contributed by atoms with Crippen LogP contribution in [0.5, 0.6) is 5.75 Å². The number of hydrogen-bond donors (Lipinski definition) is 1. The molecule has 1 aromatic heterocycles. The minimum Gasteiger partial charge on any atom is -0.496 e. The average Bonchev–Trinajstić information content (AvgIpc) is 3.19. The Balaban J connectivity index is 0.000000491. The van der Waals surface area contributed by atoms with Crippen molar-refractivity contribution >= 4 is 31.5 Å². The predicted octanol–water partition coefficient (Wildman–Crippen LogP) is 5.01. The Labute approximate surface area is 189 Å². The van der Waals surface area contributed by atoms with Gasteiger partial charge in [0.25, 0.3) is 10.1 Å². The first-order valence-electron chi connectivity index (χ1n) is 10.5. The average molecular weight is 462 g/mol. The van der Waals surface area contributed by atoms with Gasteiger partial charge in [0.15, 0.2) is 0 Å². The molecule has 1 atom stereocenters. The number of hydrogen-bond acceptors (Lipinski definition) is 5. The third-order valence-electron chi connectivity index (χ3n) is 5.64. The van der Waals surface area contributed by atoms with Crippen molar-refractivity contribution in [3.05, 3.63) is 64.5 Å². The van der Waals surface area contributed by atoms with Crippen LogP contribution < -0.4 is 4.74 Å². The quantitative estimate of drug-likeness (QED) is 0.523. The van der Waals surface area contributed by atoms with E-state index < -0.39 is 10.1 Å². The van der Waals surface area contributed by atoms with Gasteiger partial charge in [-0.1, -0.05) is 24.3 Å². The molecule has 0 fully saturated rings. The molecule has 0 unspecified atom stereocenters. The van der Waals surface area contributed by atoms with Crippen LogP contribution in [0, 0.1) is 0 Å². The summed E-state index contributed by atoms with van der Waals surface area (Å²) in [7, 11) is 0.383. The summed E-state index contributed by atoms with van der Waals surface area (Å²) in [6.07, 6.45) is 5.53. The molecule has 1 aliphatic carbocycles. The summed E-state index contributed by atoms with van der Waals surface area (Å²) < 4.78 is 32.9. The van der Waals surface area contributed by atoms with E-state index in [2.05, 4.69) is 59.8 Å². The van der Waals surface area contributed by atoms with Gasteiger partial charge in [-0.3, -0.25) is 4.55 Å². The number of benzene rings is 2. The van der Waals surface area contributed by atoms with Crippen LogP contribution in [-0.2, 0) is 23.0 Å². The van der Waals surface area contributed by atoms with Gasteiger partial charge >= 0.3 is 0 Å². The van der Waals surface area contributed by atoms with E-state index in [9.17, 15) is 8.42 Å². The molecule has 2 aromatic carbocycles. The molecule has 1 aliphatic rings. The van der Waals surface area contributed by atoms with Crippen LogP contribution in [0.25, 0.3) is 10.1 Å². The summed E-state index contributed by atoms with van der Waals surface area (Å²) in [4.78, 5) is 2.50. The third kappa shape index (κ3) is 7.04. The van der Waals surface area contributed by atoms with E-state index in [1.807, 2.05) is 11.3 Å². The van der Waals surface area contributed by atoms with E-state index in [1.165, 1.54) is 39.6 Å². The fraction of sp³-hybridized carbons (Fsp3) is 0.417. The maximum Gasteiger partial charge on any atom is 0.261 e. The molecular formula is C24H31NO4S2. The second-order valence-corrected chi connectivity index (χ2v) is 10.6. The zero-order valence-electron chi connectivity index (χ0n) is 18.4. The lowest BCUT2D eigenvalue weighted by Gasteiger charge is -2.30. The summed E-state index contributed by atoms with van der Waals surface area (Å²) in [6.45, 7) is 2.23. The first-order chi connectivity index (χ1) is 14.7. The smallest absolute Gasteiger partial charge is 0.261 e. The molecule has 4 rings (SSSR count). The lowest BCUT2D eigenvalue weighted by Crippen LogP contribution is -2.28. The highest BCUT2D eigenvalue weighted by Crippen LogP contribution is 2.36. The predicted molar refractivity (Wildman–Crippen MR) is 129 cm³/mol. The number of fused-ring (bicyclic) bond motifs is 2. The van der Waals surface area contributed by atoms with Crippen molar-refractivity contribution in [1.82, 2.24) is 4.90 Å². The topological polar surface area (TPSA) is 66.8 Å². The number of methoxy groups -OCH3 is 1. The van der Waals surface area contributed by atoms with Crippen LogP contribution in [-0.4, -0.2) is 51.4 Å². The summed E-state index contributed by atoms with van der Waals surface area (Å²) in [5, 5.41) is 3.54. The molecule has 0 radical (unpaired) electrons. The van der Waals surface area contributed by atoms with Crippen molar-refractivity contribution < 1.29 is 17.7 Å². The Bertz CT molecular complexity index is 1100. The molecule has 31 heavy (non-hydrogen) atoms. The SMILES string of the molecule is COc1cccc2c1CCC[C@H]2CN(C)CCc1ccc2ccsc2c1.CS(=O)(=O)O. The minimum atomic E-state index is -3.67. The number of likely N-dealkylation sites (N-methyl/N-ethyl adjacent to an activating group) is 1. The molecule has 0 spiro atoms. The Morgan fingerprint density at radius 3 is 2.74 bits per heavy atom. The van der Waals surface area contributed by atoms with Crippen molar-refractivity contribution in [2.45, 2.75) is 31.6 Å². The van der Waals surface area contributed by atoms with Crippen molar-refractivity contribution in [2.24, 2.45) is 0 Å². The van der Waals surface area contributed by atoms with Gasteiger partial charge < -0.3 is 9.64 Å². The van der Waals surface area contributed by atoms with E-state index in [4.69, 9.17) is 9.29 Å². The first kappa shape index (κ1) is 23.7. The molecule has 0 saturated heterocycles. The number of nitrogens with zero attached hydrogens (tertiary/aromatic N) is 1. The molecule has 0 saturated carbocycles. The molecule has 1 N–H and O–H groups in total. The van der Waals surface area contributed by atoms with E-state index >= 15 is 0 Å². The maximum absolute atomic E-state index is 9.19. The first-order valence-corrected chi connectivity index (χ1v) is 13.2. The van der Waals surface area contributed by atoms with E-state index in [0.29, 0.717) is 12.2 Å². The Morgan fingerprint density at radius 1 is 1.23 bits per heavy atom. The van der Waals surface area contributed by atoms with Crippen LogP contribution in [0.1, 0.15) is 35.4 Å². The van der Waals surface area contributed by atoms with Crippen LogP contribution in [0.3, 0.4) is 0 Å². The number of thiophene rings is 1. The summed E-state index contributed by atoms with van der Waals surface area (Å²) in [6, 6.07) is 15.6. The highest BCUT2D eigenvalue weighted by Gasteiger charge is 2.23. The molecule has 5 nitrogen and oxygen atoms in total. The molecule has 0 bridgehead atoms. The highest BCUT2D eigenvalue weighted by atomic mass is 32.2. The van der Waals surface area contributed by atoms with Crippen molar-refractivity contribution in [1.29, 1.82) is 0 Å². The fourth-order valence-corrected chi connectivity index (χ4v) is 5.09. The normalized spacial score (nSPS) is 16.0. The Morgan fingerprint density at radius 2 is 2.00 bits per heavy atom. The van der Waals surface area contributed by atoms with Gasteiger partial charge in [0.05, 0.1) is 13.4 Å². The van der Waals surface area contributed by atoms with Crippen molar-refractivity contribution in [3.8, 4) is 5.75 Å². The second-order valence-electron chi connectivity index (χ2n) is 8.16. The Hall–Kier alpha value is -1.93. The summed E-state index contributed by atoms with van der Waals surface area (Å²) >= 11 is 1.83.